The SMILES string of the molecule is NCCOc1cccnc1N1CCCCC1. The number of hydrogen-bond donors (Lipinski definition) is 1. The minimum absolute atomic E-state index is 0.536. The minimum atomic E-state index is 0.536. The van der Waals surface area contributed by atoms with Crippen LogP contribution in [0.2, 0.25) is 0 Å². The lowest BCUT2D eigenvalue weighted by Gasteiger charge is -2.28. The number of piperidine rings is 1. The zero-order chi connectivity index (χ0) is 11.2. The number of anilines is 1. The van der Waals surface area contributed by atoms with Crippen molar-refractivity contribution >= 4 is 5.82 Å². The summed E-state index contributed by atoms with van der Waals surface area (Å²) in [4.78, 5) is 6.72. The molecule has 4 nitrogen and oxygen atoms in total. The van der Waals surface area contributed by atoms with Crippen molar-refractivity contribution in [3.63, 3.8) is 0 Å². The molecule has 1 aliphatic rings. The van der Waals surface area contributed by atoms with E-state index in [2.05, 4.69) is 9.88 Å². The second-order valence-electron chi connectivity index (χ2n) is 4.01. The van der Waals surface area contributed by atoms with Crippen LogP contribution in [0.3, 0.4) is 0 Å². The van der Waals surface area contributed by atoms with E-state index in [1.165, 1.54) is 19.3 Å². The van der Waals surface area contributed by atoms with Crippen LogP contribution in [0.15, 0.2) is 18.3 Å². The van der Waals surface area contributed by atoms with Crippen molar-refractivity contribution < 1.29 is 4.74 Å². The van der Waals surface area contributed by atoms with Gasteiger partial charge in [-0.3, -0.25) is 0 Å². The van der Waals surface area contributed by atoms with E-state index in [0.717, 1.165) is 24.7 Å². The van der Waals surface area contributed by atoms with Crippen molar-refractivity contribution in [3.05, 3.63) is 18.3 Å². The molecule has 2 N–H and O–H groups in total. The molecule has 1 fully saturated rings. The van der Waals surface area contributed by atoms with Crippen LogP contribution >= 0.6 is 0 Å². The molecule has 0 spiro atoms. The summed E-state index contributed by atoms with van der Waals surface area (Å²) in [7, 11) is 0. The number of hydrogen-bond acceptors (Lipinski definition) is 4. The van der Waals surface area contributed by atoms with Crippen molar-refractivity contribution in [2.45, 2.75) is 19.3 Å². The normalized spacial score (nSPS) is 16.2. The van der Waals surface area contributed by atoms with Gasteiger partial charge in [-0.05, 0) is 31.4 Å². The molecule has 1 aromatic rings. The Balaban J connectivity index is 2.11. The number of ether oxygens (including phenoxy) is 1. The van der Waals surface area contributed by atoms with Crippen molar-refractivity contribution in [2.75, 3.05) is 31.1 Å². The molecule has 0 aliphatic carbocycles. The minimum Gasteiger partial charge on any atom is -0.488 e. The molecule has 0 bridgehead atoms. The van der Waals surface area contributed by atoms with E-state index in [-0.39, 0.29) is 0 Å². The van der Waals surface area contributed by atoms with Crippen LogP contribution in [0, 0.1) is 0 Å². The number of aromatic nitrogens is 1. The Bertz CT molecular complexity index is 324. The molecule has 0 amide bonds. The summed E-state index contributed by atoms with van der Waals surface area (Å²) in [6.07, 6.45) is 5.63. The van der Waals surface area contributed by atoms with E-state index < -0.39 is 0 Å². The van der Waals surface area contributed by atoms with Gasteiger partial charge in [-0.15, -0.1) is 0 Å². The van der Waals surface area contributed by atoms with Crippen molar-refractivity contribution in [1.82, 2.24) is 4.98 Å². The molecular formula is C12H19N3O. The lowest BCUT2D eigenvalue weighted by Crippen LogP contribution is -2.30. The Labute approximate surface area is 96.4 Å². The lowest BCUT2D eigenvalue weighted by atomic mass is 10.1. The Hall–Kier alpha value is -1.29. The smallest absolute Gasteiger partial charge is 0.171 e. The van der Waals surface area contributed by atoms with Gasteiger partial charge in [0.25, 0.3) is 0 Å². The molecule has 0 unspecified atom stereocenters. The fourth-order valence-electron chi connectivity index (χ4n) is 2.01. The van der Waals surface area contributed by atoms with Crippen molar-refractivity contribution in [1.29, 1.82) is 0 Å². The molecule has 2 rings (SSSR count). The molecule has 1 aromatic heterocycles. The van der Waals surface area contributed by atoms with E-state index in [1.54, 1.807) is 0 Å². The highest BCUT2D eigenvalue weighted by Gasteiger charge is 2.15. The van der Waals surface area contributed by atoms with Gasteiger partial charge in [0.05, 0.1) is 0 Å². The Kier molecular flexibility index (Phi) is 3.99. The van der Waals surface area contributed by atoms with Gasteiger partial charge >= 0.3 is 0 Å². The summed E-state index contributed by atoms with van der Waals surface area (Å²) in [6.45, 7) is 3.24. The molecule has 1 aliphatic heterocycles. The number of nitrogens with two attached hydrogens (primary N) is 1. The predicted molar refractivity (Wildman–Crippen MR) is 64.9 cm³/mol. The maximum absolute atomic E-state index is 5.61. The molecule has 4 heteroatoms. The van der Waals surface area contributed by atoms with Crippen LogP contribution in [0.1, 0.15) is 19.3 Å². The summed E-state index contributed by atoms with van der Waals surface area (Å²) >= 11 is 0. The Morgan fingerprint density at radius 1 is 1.31 bits per heavy atom. The fourth-order valence-corrected chi connectivity index (χ4v) is 2.01. The summed E-state index contributed by atoms with van der Waals surface area (Å²) < 4.78 is 5.61. The van der Waals surface area contributed by atoms with E-state index >= 15 is 0 Å². The van der Waals surface area contributed by atoms with Gasteiger partial charge in [-0.25, -0.2) is 4.98 Å². The third-order valence-corrected chi connectivity index (χ3v) is 2.78. The highest BCUT2D eigenvalue weighted by molar-refractivity contribution is 5.52. The highest BCUT2D eigenvalue weighted by atomic mass is 16.5. The van der Waals surface area contributed by atoms with Gasteiger partial charge in [-0.2, -0.15) is 0 Å². The molecule has 16 heavy (non-hydrogen) atoms. The number of nitrogens with zero attached hydrogens (tertiary/aromatic N) is 2. The van der Waals surface area contributed by atoms with Crippen LogP contribution in [0.25, 0.3) is 0 Å². The van der Waals surface area contributed by atoms with E-state index in [0.29, 0.717) is 13.2 Å². The average molecular weight is 221 g/mol. The van der Waals surface area contributed by atoms with Crippen molar-refractivity contribution in [3.8, 4) is 5.75 Å². The third-order valence-electron chi connectivity index (χ3n) is 2.78. The molecule has 0 saturated carbocycles. The Morgan fingerprint density at radius 2 is 2.12 bits per heavy atom. The molecule has 88 valence electrons. The molecule has 0 aromatic carbocycles. The van der Waals surface area contributed by atoms with Crippen LogP contribution < -0.4 is 15.4 Å². The summed E-state index contributed by atoms with van der Waals surface area (Å²) in [5.41, 5.74) is 5.45. The third kappa shape index (κ3) is 2.64. The number of rotatable bonds is 4. The van der Waals surface area contributed by atoms with E-state index in [4.69, 9.17) is 10.5 Å². The van der Waals surface area contributed by atoms with Gasteiger partial charge in [0.1, 0.15) is 6.61 Å². The summed E-state index contributed by atoms with van der Waals surface area (Å²) in [5.74, 6) is 1.82. The first-order chi connectivity index (χ1) is 7.92. The summed E-state index contributed by atoms with van der Waals surface area (Å²) in [6, 6.07) is 3.87. The van der Waals surface area contributed by atoms with Crippen LogP contribution in [-0.4, -0.2) is 31.2 Å². The predicted octanol–water partition coefficient (Wildman–Crippen LogP) is 1.41. The monoisotopic (exact) mass is 221 g/mol. The lowest BCUT2D eigenvalue weighted by molar-refractivity contribution is 0.326. The van der Waals surface area contributed by atoms with Crippen LogP contribution in [0.4, 0.5) is 5.82 Å². The van der Waals surface area contributed by atoms with Crippen molar-refractivity contribution in [2.24, 2.45) is 5.73 Å². The summed E-state index contributed by atoms with van der Waals surface area (Å²) in [5, 5.41) is 0. The first-order valence-corrected chi connectivity index (χ1v) is 5.94. The largest absolute Gasteiger partial charge is 0.488 e. The van der Waals surface area contributed by atoms with Gasteiger partial charge in [0.2, 0.25) is 0 Å². The molecule has 2 heterocycles. The first-order valence-electron chi connectivity index (χ1n) is 5.94. The molecule has 0 radical (unpaired) electrons. The standard InChI is InChI=1S/C12H19N3O/c13-6-10-16-11-5-4-7-14-12(11)15-8-2-1-3-9-15/h4-5,7H,1-3,6,8-10,13H2. The molecule has 0 atom stereocenters. The van der Waals surface area contributed by atoms with Gasteiger partial charge < -0.3 is 15.4 Å². The maximum atomic E-state index is 5.61. The van der Waals surface area contributed by atoms with E-state index in [1.807, 2.05) is 18.3 Å². The zero-order valence-electron chi connectivity index (χ0n) is 9.56. The molecular weight excluding hydrogens is 202 g/mol. The van der Waals surface area contributed by atoms with Crippen LogP contribution in [-0.2, 0) is 0 Å². The molecule has 1 saturated heterocycles. The number of pyridine rings is 1. The second kappa shape index (κ2) is 5.70. The van der Waals surface area contributed by atoms with Gasteiger partial charge in [0, 0.05) is 25.8 Å². The quantitative estimate of drug-likeness (QED) is 0.835. The first kappa shape index (κ1) is 11.2. The second-order valence-corrected chi connectivity index (χ2v) is 4.01. The highest BCUT2D eigenvalue weighted by Crippen LogP contribution is 2.27. The maximum Gasteiger partial charge on any atom is 0.171 e. The van der Waals surface area contributed by atoms with Gasteiger partial charge in [0.15, 0.2) is 11.6 Å². The van der Waals surface area contributed by atoms with Gasteiger partial charge in [-0.1, -0.05) is 0 Å². The zero-order valence-corrected chi connectivity index (χ0v) is 9.56. The fraction of sp³-hybridized carbons (Fsp3) is 0.583. The van der Waals surface area contributed by atoms with E-state index in [9.17, 15) is 0 Å². The van der Waals surface area contributed by atoms with Crippen LogP contribution in [0.5, 0.6) is 5.75 Å². The average Bonchev–Trinajstić information content (AvgIpc) is 2.38. The topological polar surface area (TPSA) is 51.4 Å². The Morgan fingerprint density at radius 3 is 2.88 bits per heavy atom.